The number of likely N-dealkylation sites (N-methyl/N-ethyl adjacent to an activating group) is 1. The molecule has 2 aliphatic rings. The second kappa shape index (κ2) is 13.0. The molecule has 1 fully saturated rings. The molecule has 0 saturated heterocycles. The number of nitrogens with zero attached hydrogens (tertiary/aromatic N) is 1. The van der Waals surface area contributed by atoms with Crippen molar-refractivity contribution in [2.75, 3.05) is 20.2 Å². The predicted octanol–water partition coefficient (Wildman–Crippen LogP) is 4.79. The Morgan fingerprint density at radius 1 is 0.927 bits per heavy atom. The smallest absolute Gasteiger partial charge is 0.407 e. The second-order valence-corrected chi connectivity index (χ2v) is 11.1. The molecule has 8 nitrogen and oxygen atoms in total. The monoisotopic (exact) mass is 555 g/mol. The Balaban J connectivity index is 1.26. The van der Waals surface area contributed by atoms with E-state index in [1.165, 1.54) is 0 Å². The number of ether oxygens (including phenoxy) is 1. The van der Waals surface area contributed by atoms with Crippen molar-refractivity contribution in [2.24, 2.45) is 5.92 Å². The molecule has 214 valence electrons. The third-order valence-corrected chi connectivity index (χ3v) is 8.17. The molecule has 2 aliphatic carbocycles. The lowest BCUT2D eigenvalue weighted by Gasteiger charge is -2.27. The van der Waals surface area contributed by atoms with Gasteiger partial charge in [-0.15, -0.1) is 0 Å². The van der Waals surface area contributed by atoms with Crippen LogP contribution < -0.4 is 10.6 Å². The number of rotatable bonds is 11. The average molecular weight is 556 g/mol. The topological polar surface area (TPSA) is 108 Å². The molecule has 0 bridgehead atoms. The number of fused-ring (bicyclic) bond motifs is 3. The van der Waals surface area contributed by atoms with E-state index in [2.05, 4.69) is 34.9 Å². The summed E-state index contributed by atoms with van der Waals surface area (Å²) in [6.45, 7) is 1.01. The van der Waals surface area contributed by atoms with E-state index >= 15 is 0 Å². The highest BCUT2D eigenvalue weighted by Crippen LogP contribution is 2.44. The van der Waals surface area contributed by atoms with Crippen LogP contribution in [0.4, 0.5) is 4.79 Å². The summed E-state index contributed by atoms with van der Waals surface area (Å²) in [7, 11) is 1.90. The zero-order valence-corrected chi connectivity index (χ0v) is 23.3. The Bertz CT molecular complexity index is 1330. The molecule has 0 spiro atoms. The van der Waals surface area contributed by atoms with Gasteiger partial charge in [-0.2, -0.15) is 0 Å². The fraction of sp³-hybridized carbons (Fsp3) is 0.364. The zero-order chi connectivity index (χ0) is 28.8. The minimum Gasteiger partial charge on any atom is -0.481 e. The third-order valence-electron chi connectivity index (χ3n) is 8.17. The summed E-state index contributed by atoms with van der Waals surface area (Å²) in [5.41, 5.74) is 5.61. The maximum Gasteiger partial charge on any atom is 0.407 e. The van der Waals surface area contributed by atoms with Gasteiger partial charge in [-0.25, -0.2) is 4.79 Å². The number of alkyl carbamates (subject to hydrolysis) is 1. The van der Waals surface area contributed by atoms with Crippen molar-refractivity contribution in [3.63, 3.8) is 0 Å². The first kappa shape index (κ1) is 28.4. The number of hydrogen-bond donors (Lipinski definition) is 3. The number of benzene rings is 3. The van der Waals surface area contributed by atoms with Gasteiger partial charge >= 0.3 is 12.1 Å². The van der Waals surface area contributed by atoms with E-state index in [1.807, 2.05) is 66.5 Å². The normalized spacial score (nSPS) is 18.4. The predicted molar refractivity (Wildman–Crippen MR) is 156 cm³/mol. The molecular formula is C33H37N3O5. The number of aliphatic carboxylic acids is 1. The van der Waals surface area contributed by atoms with E-state index in [-0.39, 0.29) is 43.4 Å². The van der Waals surface area contributed by atoms with Crippen LogP contribution in [0, 0.1) is 5.92 Å². The summed E-state index contributed by atoms with van der Waals surface area (Å²) in [6.07, 6.45) is 1.70. The summed E-state index contributed by atoms with van der Waals surface area (Å²) < 4.78 is 5.74. The molecule has 1 saturated carbocycles. The van der Waals surface area contributed by atoms with E-state index in [4.69, 9.17) is 4.74 Å². The number of carbonyl (C=O) groups is 3. The molecule has 0 radical (unpaired) electrons. The van der Waals surface area contributed by atoms with Gasteiger partial charge in [0.05, 0.1) is 6.42 Å². The summed E-state index contributed by atoms with van der Waals surface area (Å²) in [6, 6.07) is 25.1. The highest BCUT2D eigenvalue weighted by Gasteiger charge is 2.34. The number of carboxylic acid groups (broad SMARTS) is 1. The summed E-state index contributed by atoms with van der Waals surface area (Å²) >= 11 is 0. The largest absolute Gasteiger partial charge is 0.481 e. The standard InChI is InChI=1S/C33H37N3O5/c1-36(19-22-10-3-2-4-11-22)20-30(32(39)34-29-17-9-12-23(29)18-31(37)38)35-33(40)41-21-28-26-15-7-5-13-24(26)25-14-6-8-16-27(25)28/h2-8,10-11,13-16,23,28-30H,9,12,17-21H2,1H3,(H,34,39)(H,35,40)(H,37,38)/t23-,29+,30?/m0/s1. The molecule has 3 N–H and O–H groups in total. The van der Waals surface area contributed by atoms with Gasteiger partial charge in [-0.05, 0) is 53.6 Å². The molecule has 0 aliphatic heterocycles. The third kappa shape index (κ3) is 6.95. The Morgan fingerprint density at radius 3 is 2.22 bits per heavy atom. The molecule has 1 unspecified atom stereocenters. The van der Waals surface area contributed by atoms with Gasteiger partial charge in [0.2, 0.25) is 5.91 Å². The summed E-state index contributed by atoms with van der Waals surface area (Å²) in [5, 5.41) is 15.1. The molecule has 3 aromatic rings. The fourth-order valence-corrected chi connectivity index (χ4v) is 6.23. The van der Waals surface area contributed by atoms with Crippen LogP contribution in [0.25, 0.3) is 11.1 Å². The van der Waals surface area contributed by atoms with Crippen LogP contribution in [0.3, 0.4) is 0 Å². The van der Waals surface area contributed by atoms with E-state index in [0.717, 1.165) is 47.1 Å². The van der Waals surface area contributed by atoms with Gasteiger partial charge in [0.15, 0.2) is 0 Å². The molecule has 5 rings (SSSR count). The first-order valence-corrected chi connectivity index (χ1v) is 14.2. The number of carbonyl (C=O) groups excluding carboxylic acids is 2. The first-order chi connectivity index (χ1) is 19.9. The molecule has 3 aromatic carbocycles. The van der Waals surface area contributed by atoms with Crippen molar-refractivity contribution in [1.29, 1.82) is 0 Å². The van der Waals surface area contributed by atoms with Crippen LogP contribution in [0.1, 0.15) is 48.3 Å². The van der Waals surface area contributed by atoms with E-state index in [1.54, 1.807) is 0 Å². The maximum atomic E-state index is 13.5. The minimum absolute atomic E-state index is 0.0172. The van der Waals surface area contributed by atoms with Gasteiger partial charge in [-0.3, -0.25) is 14.5 Å². The zero-order valence-electron chi connectivity index (χ0n) is 23.3. The first-order valence-electron chi connectivity index (χ1n) is 14.2. The highest BCUT2D eigenvalue weighted by atomic mass is 16.5. The number of carboxylic acids is 1. The molecule has 3 atom stereocenters. The van der Waals surface area contributed by atoms with Crippen LogP contribution in [0.5, 0.6) is 0 Å². The van der Waals surface area contributed by atoms with Crippen molar-refractivity contribution in [3.8, 4) is 11.1 Å². The summed E-state index contributed by atoms with van der Waals surface area (Å²) in [5.74, 6) is -1.40. The Labute approximate surface area is 240 Å². The van der Waals surface area contributed by atoms with Gasteiger partial charge < -0.3 is 20.5 Å². The van der Waals surface area contributed by atoms with Gasteiger partial charge in [0.25, 0.3) is 0 Å². The van der Waals surface area contributed by atoms with Gasteiger partial charge in [0.1, 0.15) is 12.6 Å². The average Bonchev–Trinajstić information content (AvgIpc) is 3.53. The van der Waals surface area contributed by atoms with Crippen molar-refractivity contribution in [2.45, 2.75) is 50.2 Å². The maximum absolute atomic E-state index is 13.5. The van der Waals surface area contributed by atoms with Crippen molar-refractivity contribution in [3.05, 3.63) is 95.6 Å². The van der Waals surface area contributed by atoms with Crippen molar-refractivity contribution >= 4 is 18.0 Å². The van der Waals surface area contributed by atoms with Crippen LogP contribution in [-0.4, -0.2) is 60.3 Å². The molecule has 0 heterocycles. The number of amides is 2. The van der Waals surface area contributed by atoms with E-state index in [9.17, 15) is 19.5 Å². The number of nitrogens with one attached hydrogen (secondary N) is 2. The van der Waals surface area contributed by atoms with Crippen LogP contribution >= 0.6 is 0 Å². The Morgan fingerprint density at radius 2 is 1.56 bits per heavy atom. The molecule has 0 aromatic heterocycles. The molecule has 41 heavy (non-hydrogen) atoms. The lowest BCUT2D eigenvalue weighted by Crippen LogP contribution is -2.54. The molecular weight excluding hydrogens is 518 g/mol. The highest BCUT2D eigenvalue weighted by molar-refractivity contribution is 5.86. The van der Waals surface area contributed by atoms with Crippen LogP contribution in [-0.2, 0) is 20.9 Å². The number of hydrogen-bond acceptors (Lipinski definition) is 5. The lowest BCUT2D eigenvalue weighted by atomic mass is 9.98. The SMILES string of the molecule is CN(Cc1ccccc1)CC(NC(=O)OCC1c2ccccc2-c2ccccc21)C(=O)N[C@@H]1CCC[C@H]1CC(=O)O. The van der Waals surface area contributed by atoms with Crippen LogP contribution in [0.2, 0.25) is 0 Å². The van der Waals surface area contributed by atoms with Crippen molar-refractivity contribution in [1.82, 2.24) is 15.5 Å². The van der Waals surface area contributed by atoms with E-state index < -0.39 is 18.1 Å². The second-order valence-electron chi connectivity index (χ2n) is 11.1. The van der Waals surface area contributed by atoms with E-state index in [0.29, 0.717) is 6.54 Å². The lowest BCUT2D eigenvalue weighted by molar-refractivity contribution is -0.138. The minimum atomic E-state index is -0.870. The summed E-state index contributed by atoms with van der Waals surface area (Å²) in [4.78, 5) is 39.9. The Kier molecular flexibility index (Phi) is 8.99. The Hall–Kier alpha value is -4.17. The molecule has 2 amide bonds. The van der Waals surface area contributed by atoms with Crippen molar-refractivity contribution < 1.29 is 24.2 Å². The fourth-order valence-electron chi connectivity index (χ4n) is 6.23. The van der Waals surface area contributed by atoms with Gasteiger partial charge in [-0.1, -0.05) is 85.3 Å². The van der Waals surface area contributed by atoms with Gasteiger partial charge in [0, 0.05) is 25.0 Å². The van der Waals surface area contributed by atoms with Crippen LogP contribution in [0.15, 0.2) is 78.9 Å². The quantitative estimate of drug-likeness (QED) is 0.314. The molecule has 8 heteroatoms.